The molecule has 5 aromatic rings. The van der Waals surface area contributed by atoms with Crippen LogP contribution in [0.25, 0.3) is 16.7 Å². The Morgan fingerprint density at radius 1 is 1.02 bits per heavy atom. The van der Waals surface area contributed by atoms with Crippen LogP contribution in [-0.2, 0) is 32.5 Å². The molecule has 7 heterocycles. The standard InChI is InChI=1S/C44H57F2N13O6/c1-54-36-22-28(4-7-34(36)59(44(54)63)35-8-9-38(60)52-43(35)62)11-19-64-20-17-55-18-21-65-31(26-55)24-48-23-29-2-5-30(6-3-29)58-27-33(39(53-58)40(45)46)50-42(61)32-25-49-57-14-10-37(51-41(32)57)56-15-12-47-13-16-56/h4,7,10,14,22,25,27,29-31,35,40,47-48H,2-3,5-6,8-9,11-13,15-21,23-24,26H2,1H3,(H,50,61)(H,52,60,62)/t29-,30-,31-,35?/m0/s1. The highest BCUT2D eigenvalue weighted by Crippen LogP contribution is 2.35. The third-order valence-corrected chi connectivity index (χ3v) is 13.2. The molecule has 1 saturated carbocycles. The lowest BCUT2D eigenvalue weighted by molar-refractivity contribution is -0.135. The Balaban J connectivity index is 0.692. The molecule has 4 N–H and O–H groups in total. The number of halogens is 2. The van der Waals surface area contributed by atoms with Crippen molar-refractivity contribution < 1.29 is 32.6 Å². The van der Waals surface area contributed by atoms with Crippen molar-refractivity contribution in [3.63, 3.8) is 0 Å². The number of nitrogens with one attached hydrogen (secondary N) is 4. The first-order valence-corrected chi connectivity index (χ1v) is 22.7. The van der Waals surface area contributed by atoms with E-state index in [2.05, 4.69) is 41.3 Å². The number of imide groups is 1. The Hall–Kier alpha value is -5.61. The molecule has 1 aromatic carbocycles. The van der Waals surface area contributed by atoms with E-state index in [1.807, 2.05) is 24.3 Å². The van der Waals surface area contributed by atoms with Gasteiger partial charge < -0.3 is 30.3 Å². The number of carbonyl (C=O) groups is 3. The second-order valence-electron chi connectivity index (χ2n) is 17.5. The minimum atomic E-state index is -2.86. The van der Waals surface area contributed by atoms with Gasteiger partial charge in [0.25, 0.3) is 12.3 Å². The van der Waals surface area contributed by atoms with Gasteiger partial charge in [-0.05, 0) is 74.8 Å². The lowest BCUT2D eigenvalue weighted by Gasteiger charge is -2.34. The fourth-order valence-electron chi connectivity index (χ4n) is 9.58. The van der Waals surface area contributed by atoms with E-state index in [0.29, 0.717) is 49.7 Å². The van der Waals surface area contributed by atoms with Gasteiger partial charge >= 0.3 is 5.69 Å². The third kappa shape index (κ3) is 9.98. The van der Waals surface area contributed by atoms with E-state index in [4.69, 9.17) is 14.5 Å². The number of rotatable bonds is 16. The van der Waals surface area contributed by atoms with E-state index in [9.17, 15) is 28.0 Å². The van der Waals surface area contributed by atoms with E-state index in [0.717, 1.165) is 101 Å². The second-order valence-corrected chi connectivity index (χ2v) is 17.5. The van der Waals surface area contributed by atoms with E-state index in [-0.39, 0.29) is 41.4 Å². The molecule has 65 heavy (non-hydrogen) atoms. The van der Waals surface area contributed by atoms with Crippen molar-refractivity contribution >= 4 is 45.9 Å². The van der Waals surface area contributed by atoms with Crippen molar-refractivity contribution in [1.29, 1.82) is 0 Å². The fourth-order valence-corrected chi connectivity index (χ4v) is 9.58. The summed E-state index contributed by atoms with van der Waals surface area (Å²) in [5.41, 5.74) is 2.22. The Bertz CT molecular complexity index is 2560. The number of alkyl halides is 2. The quantitative estimate of drug-likeness (QED) is 0.0833. The molecule has 9 rings (SSSR count). The van der Waals surface area contributed by atoms with Crippen LogP contribution in [0.15, 0.2) is 47.7 Å². The molecule has 2 atom stereocenters. The fraction of sp³-hybridized carbons (Fsp3) is 0.568. The molecule has 4 aliphatic rings. The number of hydrogen-bond acceptors (Lipinski definition) is 13. The number of aromatic nitrogens is 7. The lowest BCUT2D eigenvalue weighted by atomic mass is 9.86. The SMILES string of the molecule is Cn1c(=O)n(C2CCC(=O)NC2=O)c2ccc(CCOCCN3CCO[C@@H](CNC[C@H]4CC[C@H](n5cc(NC(=O)c6cnn7ccc(N8CCNCC8)nc67)c(C(F)F)n5)CC4)C3)cc21. The molecule has 3 amide bonds. The van der Waals surface area contributed by atoms with Crippen molar-refractivity contribution in [2.45, 2.75) is 69.6 Å². The molecule has 0 spiro atoms. The van der Waals surface area contributed by atoms with Gasteiger partial charge in [0.2, 0.25) is 11.8 Å². The maximum absolute atomic E-state index is 14.2. The molecule has 1 unspecified atom stereocenters. The molecule has 4 fully saturated rings. The summed E-state index contributed by atoms with van der Waals surface area (Å²) in [6.07, 6.45) is 6.46. The van der Waals surface area contributed by atoms with Crippen molar-refractivity contribution in [2.75, 3.05) is 88.9 Å². The van der Waals surface area contributed by atoms with Crippen LogP contribution in [-0.4, -0.2) is 141 Å². The predicted molar refractivity (Wildman–Crippen MR) is 236 cm³/mol. The summed E-state index contributed by atoms with van der Waals surface area (Å²) >= 11 is 0. The first-order valence-electron chi connectivity index (χ1n) is 22.7. The number of hydrogen-bond donors (Lipinski definition) is 4. The Morgan fingerprint density at radius 3 is 2.65 bits per heavy atom. The second kappa shape index (κ2) is 19.9. The first kappa shape index (κ1) is 44.6. The summed E-state index contributed by atoms with van der Waals surface area (Å²) < 4.78 is 46.7. The van der Waals surface area contributed by atoms with Gasteiger partial charge in [-0.3, -0.25) is 38.4 Å². The summed E-state index contributed by atoms with van der Waals surface area (Å²) in [4.78, 5) is 59.9. The smallest absolute Gasteiger partial charge is 0.329 e. The van der Waals surface area contributed by atoms with Gasteiger partial charge in [0, 0.05) is 78.2 Å². The first-order chi connectivity index (χ1) is 31.6. The van der Waals surface area contributed by atoms with Crippen molar-refractivity contribution in [3.05, 3.63) is 70.2 Å². The van der Waals surface area contributed by atoms with Gasteiger partial charge in [0.05, 0.1) is 54.9 Å². The Morgan fingerprint density at radius 2 is 1.85 bits per heavy atom. The zero-order chi connectivity index (χ0) is 45.0. The largest absolute Gasteiger partial charge is 0.380 e. The molecule has 0 radical (unpaired) electrons. The molecule has 348 valence electrons. The summed E-state index contributed by atoms with van der Waals surface area (Å²) in [6, 6.07) is 6.87. The Kier molecular flexibility index (Phi) is 13.6. The van der Waals surface area contributed by atoms with Crippen molar-refractivity contribution in [3.8, 4) is 0 Å². The topological polar surface area (TPSA) is 199 Å². The average Bonchev–Trinajstić information content (AvgIpc) is 4.01. The minimum Gasteiger partial charge on any atom is -0.380 e. The van der Waals surface area contributed by atoms with Gasteiger partial charge in [0.15, 0.2) is 11.3 Å². The number of imidazole rings is 1. The number of carbonyl (C=O) groups excluding carboxylic acids is 3. The van der Waals surface area contributed by atoms with Gasteiger partial charge in [-0.15, -0.1) is 0 Å². The van der Waals surface area contributed by atoms with E-state index < -0.39 is 30.0 Å². The number of morpholine rings is 1. The summed E-state index contributed by atoms with van der Waals surface area (Å²) in [5.74, 6) is -0.167. The highest BCUT2D eigenvalue weighted by atomic mass is 19.3. The number of ether oxygens (including phenoxy) is 2. The molecule has 21 heteroatoms. The molecule has 4 aromatic heterocycles. The number of aryl methyl sites for hydroxylation is 1. The number of fused-ring (bicyclic) bond motifs is 2. The van der Waals surface area contributed by atoms with Gasteiger partial charge in [-0.2, -0.15) is 10.2 Å². The van der Waals surface area contributed by atoms with Crippen LogP contribution in [0.1, 0.15) is 78.6 Å². The highest BCUT2D eigenvalue weighted by molar-refractivity contribution is 6.08. The normalized spacial score (nSPS) is 22.3. The van der Waals surface area contributed by atoms with Crippen molar-refractivity contribution in [1.82, 2.24) is 54.4 Å². The van der Waals surface area contributed by atoms with Crippen LogP contribution in [0, 0.1) is 5.92 Å². The number of nitrogens with zero attached hydrogens (tertiary/aromatic N) is 9. The van der Waals surface area contributed by atoms with Crippen LogP contribution in [0.5, 0.6) is 0 Å². The zero-order valence-corrected chi connectivity index (χ0v) is 36.6. The van der Waals surface area contributed by atoms with E-state index in [1.165, 1.54) is 21.5 Å². The number of piperazine rings is 1. The number of amides is 3. The predicted octanol–water partition coefficient (Wildman–Crippen LogP) is 2.44. The van der Waals surface area contributed by atoms with Crippen LogP contribution >= 0.6 is 0 Å². The average molecular weight is 902 g/mol. The van der Waals surface area contributed by atoms with Crippen LogP contribution in [0.4, 0.5) is 20.3 Å². The molecular formula is C44H57F2N13O6. The van der Waals surface area contributed by atoms with Crippen LogP contribution < -0.4 is 31.9 Å². The van der Waals surface area contributed by atoms with Crippen molar-refractivity contribution in [2.24, 2.45) is 13.0 Å². The highest BCUT2D eigenvalue weighted by Gasteiger charge is 2.32. The summed E-state index contributed by atoms with van der Waals surface area (Å²) in [5, 5.41) is 20.5. The molecule has 3 saturated heterocycles. The Labute approximate surface area is 373 Å². The zero-order valence-electron chi connectivity index (χ0n) is 36.6. The summed E-state index contributed by atoms with van der Waals surface area (Å²) in [6.45, 7) is 8.97. The minimum absolute atomic E-state index is 0.00916. The van der Waals surface area contributed by atoms with E-state index >= 15 is 0 Å². The molecule has 1 aliphatic carbocycles. The molecule has 3 aliphatic heterocycles. The summed E-state index contributed by atoms with van der Waals surface area (Å²) in [7, 11) is 1.69. The van der Waals surface area contributed by atoms with Gasteiger partial charge in [-0.25, -0.2) is 23.1 Å². The maximum atomic E-state index is 14.2. The van der Waals surface area contributed by atoms with Gasteiger partial charge in [-0.1, -0.05) is 6.07 Å². The van der Waals surface area contributed by atoms with E-state index in [1.54, 1.807) is 22.5 Å². The number of benzene rings is 1. The number of piperidine rings is 1. The van der Waals surface area contributed by atoms with Crippen LogP contribution in [0.3, 0.4) is 0 Å². The van der Waals surface area contributed by atoms with Crippen LogP contribution in [0.2, 0.25) is 0 Å². The third-order valence-electron chi connectivity index (χ3n) is 13.2. The number of anilines is 2. The molecule has 19 nitrogen and oxygen atoms in total. The van der Waals surface area contributed by atoms with Gasteiger partial charge in [0.1, 0.15) is 17.4 Å². The molecular weight excluding hydrogens is 845 g/mol. The lowest BCUT2D eigenvalue weighted by Crippen LogP contribution is -2.48. The molecule has 0 bridgehead atoms. The maximum Gasteiger partial charge on any atom is 0.329 e. The monoisotopic (exact) mass is 901 g/mol.